The number of hydrogen-bond acceptors (Lipinski definition) is 3. The van der Waals surface area contributed by atoms with Crippen LogP contribution in [0.3, 0.4) is 0 Å². The van der Waals surface area contributed by atoms with Gasteiger partial charge < -0.3 is 9.88 Å². The van der Waals surface area contributed by atoms with Gasteiger partial charge in [0.05, 0.1) is 6.54 Å². The normalized spacial score (nSPS) is 16.9. The molecule has 2 rings (SSSR count). The predicted molar refractivity (Wildman–Crippen MR) is 54.7 cm³/mol. The van der Waals surface area contributed by atoms with E-state index in [2.05, 4.69) is 15.5 Å². The molecule has 14 heavy (non-hydrogen) atoms. The largest absolute Gasteiger partial charge is 0.320 e. The Hall–Kier alpha value is -0.900. The van der Waals surface area contributed by atoms with Crippen molar-refractivity contribution < 1.29 is 0 Å². The number of aryl methyl sites for hydroxylation is 1. The number of aromatic nitrogens is 3. The molecule has 0 saturated heterocycles. The van der Waals surface area contributed by atoms with Crippen LogP contribution in [0.1, 0.15) is 31.5 Å². The lowest BCUT2D eigenvalue weighted by Gasteiger charge is -2.25. The Morgan fingerprint density at radius 2 is 2.43 bits per heavy atom. The smallest absolute Gasteiger partial charge is 0.146 e. The van der Waals surface area contributed by atoms with Crippen molar-refractivity contribution in [2.45, 2.75) is 32.2 Å². The first-order chi connectivity index (χ1) is 6.86. The molecule has 1 N–H and O–H groups in total. The first-order valence-electron chi connectivity index (χ1n) is 5.40. The first-order valence-corrected chi connectivity index (χ1v) is 5.40. The Kier molecular flexibility index (Phi) is 3.14. The van der Waals surface area contributed by atoms with Gasteiger partial charge >= 0.3 is 0 Å². The molecule has 0 aromatic carbocycles. The highest BCUT2D eigenvalue weighted by Crippen LogP contribution is 2.28. The summed E-state index contributed by atoms with van der Waals surface area (Å²) < 4.78 is 1.95. The summed E-state index contributed by atoms with van der Waals surface area (Å²) in [7, 11) is 1.98. The topological polar surface area (TPSA) is 42.7 Å². The maximum absolute atomic E-state index is 4.02. The van der Waals surface area contributed by atoms with Gasteiger partial charge in [-0.3, -0.25) is 0 Å². The SMILES string of the molecule is Cn1cnnc1CNCCC1CCC1. The van der Waals surface area contributed by atoms with Gasteiger partial charge in [0.1, 0.15) is 12.2 Å². The zero-order chi connectivity index (χ0) is 9.80. The van der Waals surface area contributed by atoms with Gasteiger partial charge in [0.15, 0.2) is 0 Å². The van der Waals surface area contributed by atoms with E-state index in [1.165, 1.54) is 25.7 Å². The van der Waals surface area contributed by atoms with Crippen molar-refractivity contribution in [1.29, 1.82) is 0 Å². The van der Waals surface area contributed by atoms with Crippen LogP contribution < -0.4 is 5.32 Å². The Labute approximate surface area is 84.7 Å². The molecule has 1 saturated carbocycles. The summed E-state index contributed by atoms with van der Waals surface area (Å²) in [6.45, 7) is 1.95. The third-order valence-electron chi connectivity index (χ3n) is 3.04. The number of rotatable bonds is 5. The van der Waals surface area contributed by atoms with Crippen molar-refractivity contribution >= 4 is 0 Å². The van der Waals surface area contributed by atoms with Crippen LogP contribution in [-0.4, -0.2) is 21.3 Å². The van der Waals surface area contributed by atoms with Crippen LogP contribution in [0.4, 0.5) is 0 Å². The van der Waals surface area contributed by atoms with Gasteiger partial charge in [-0.05, 0) is 18.9 Å². The van der Waals surface area contributed by atoms with Gasteiger partial charge in [-0.2, -0.15) is 0 Å². The van der Waals surface area contributed by atoms with Crippen molar-refractivity contribution in [2.24, 2.45) is 13.0 Å². The summed E-state index contributed by atoms with van der Waals surface area (Å²) in [5.74, 6) is 2.00. The van der Waals surface area contributed by atoms with E-state index in [9.17, 15) is 0 Å². The van der Waals surface area contributed by atoms with Crippen LogP contribution in [-0.2, 0) is 13.6 Å². The van der Waals surface area contributed by atoms with E-state index < -0.39 is 0 Å². The van der Waals surface area contributed by atoms with Gasteiger partial charge in [-0.15, -0.1) is 10.2 Å². The molecule has 78 valence electrons. The fraction of sp³-hybridized carbons (Fsp3) is 0.800. The molecule has 4 heteroatoms. The Balaban J connectivity index is 1.60. The van der Waals surface area contributed by atoms with Gasteiger partial charge in [-0.25, -0.2) is 0 Å². The van der Waals surface area contributed by atoms with E-state index in [0.29, 0.717) is 0 Å². The highest BCUT2D eigenvalue weighted by Gasteiger charge is 2.16. The quantitative estimate of drug-likeness (QED) is 0.714. The van der Waals surface area contributed by atoms with Crippen LogP contribution in [0.5, 0.6) is 0 Å². The minimum atomic E-state index is 0.837. The van der Waals surface area contributed by atoms with Gasteiger partial charge in [0.2, 0.25) is 0 Å². The summed E-state index contributed by atoms with van der Waals surface area (Å²) in [6, 6.07) is 0. The molecule has 1 aliphatic rings. The lowest BCUT2D eigenvalue weighted by Crippen LogP contribution is -2.22. The minimum Gasteiger partial charge on any atom is -0.320 e. The summed E-state index contributed by atoms with van der Waals surface area (Å²) in [5.41, 5.74) is 0. The molecule has 1 fully saturated rings. The predicted octanol–water partition coefficient (Wildman–Crippen LogP) is 1.09. The maximum atomic E-state index is 4.02. The molecule has 0 amide bonds. The van der Waals surface area contributed by atoms with Crippen molar-refractivity contribution in [3.8, 4) is 0 Å². The molecule has 0 bridgehead atoms. The van der Waals surface area contributed by atoms with Crippen molar-refractivity contribution in [1.82, 2.24) is 20.1 Å². The van der Waals surface area contributed by atoms with Crippen molar-refractivity contribution in [3.05, 3.63) is 12.2 Å². The molecule has 0 spiro atoms. The van der Waals surface area contributed by atoms with Crippen LogP contribution in [0.15, 0.2) is 6.33 Å². The third-order valence-corrected chi connectivity index (χ3v) is 3.04. The molecular weight excluding hydrogens is 176 g/mol. The maximum Gasteiger partial charge on any atom is 0.146 e. The monoisotopic (exact) mass is 194 g/mol. The van der Waals surface area contributed by atoms with Crippen LogP contribution in [0.25, 0.3) is 0 Å². The second-order valence-electron chi connectivity index (χ2n) is 4.12. The van der Waals surface area contributed by atoms with E-state index in [0.717, 1.165) is 24.8 Å². The van der Waals surface area contributed by atoms with E-state index in [4.69, 9.17) is 0 Å². The van der Waals surface area contributed by atoms with E-state index >= 15 is 0 Å². The van der Waals surface area contributed by atoms with Crippen LogP contribution in [0, 0.1) is 5.92 Å². The number of hydrogen-bond donors (Lipinski definition) is 1. The summed E-state index contributed by atoms with van der Waals surface area (Å²) in [5, 5.41) is 11.3. The molecular formula is C10H18N4. The van der Waals surface area contributed by atoms with Crippen molar-refractivity contribution in [2.75, 3.05) is 6.54 Å². The standard InChI is InChI=1S/C10H18N4/c1-14-8-12-13-10(14)7-11-6-5-9-3-2-4-9/h8-9,11H,2-7H2,1H3. The van der Waals surface area contributed by atoms with Crippen molar-refractivity contribution in [3.63, 3.8) is 0 Å². The highest BCUT2D eigenvalue weighted by atomic mass is 15.3. The lowest BCUT2D eigenvalue weighted by atomic mass is 9.83. The van der Waals surface area contributed by atoms with E-state index in [-0.39, 0.29) is 0 Å². The fourth-order valence-corrected chi connectivity index (χ4v) is 1.76. The second-order valence-corrected chi connectivity index (χ2v) is 4.12. The molecule has 1 aliphatic carbocycles. The van der Waals surface area contributed by atoms with Gasteiger partial charge in [0, 0.05) is 7.05 Å². The molecule has 0 unspecified atom stereocenters. The fourth-order valence-electron chi connectivity index (χ4n) is 1.76. The highest BCUT2D eigenvalue weighted by molar-refractivity contribution is 4.83. The zero-order valence-electron chi connectivity index (χ0n) is 8.74. The average Bonchev–Trinajstić information content (AvgIpc) is 2.48. The van der Waals surface area contributed by atoms with E-state index in [1.807, 2.05) is 11.6 Å². The van der Waals surface area contributed by atoms with Crippen LogP contribution in [0.2, 0.25) is 0 Å². The number of nitrogens with zero attached hydrogens (tertiary/aromatic N) is 3. The van der Waals surface area contributed by atoms with Gasteiger partial charge in [-0.1, -0.05) is 19.3 Å². The molecule has 0 atom stereocenters. The third kappa shape index (κ3) is 2.32. The second kappa shape index (κ2) is 4.55. The first kappa shape index (κ1) is 9.65. The lowest BCUT2D eigenvalue weighted by molar-refractivity contribution is 0.291. The molecule has 1 aromatic rings. The van der Waals surface area contributed by atoms with Crippen LogP contribution >= 0.6 is 0 Å². The zero-order valence-corrected chi connectivity index (χ0v) is 8.74. The number of nitrogens with one attached hydrogen (secondary N) is 1. The molecule has 0 aliphatic heterocycles. The van der Waals surface area contributed by atoms with E-state index in [1.54, 1.807) is 6.33 Å². The molecule has 1 heterocycles. The van der Waals surface area contributed by atoms with Gasteiger partial charge in [0.25, 0.3) is 0 Å². The molecule has 4 nitrogen and oxygen atoms in total. The minimum absolute atomic E-state index is 0.837. The Morgan fingerprint density at radius 3 is 3.00 bits per heavy atom. The summed E-state index contributed by atoms with van der Waals surface area (Å²) in [6.07, 6.45) is 7.37. The summed E-state index contributed by atoms with van der Waals surface area (Å²) >= 11 is 0. The Bertz CT molecular complexity index is 277. The average molecular weight is 194 g/mol. The Morgan fingerprint density at radius 1 is 1.57 bits per heavy atom. The molecule has 0 radical (unpaired) electrons. The summed E-state index contributed by atoms with van der Waals surface area (Å²) in [4.78, 5) is 0. The molecule has 1 aromatic heterocycles.